The van der Waals surface area contributed by atoms with E-state index in [1.54, 1.807) is 0 Å². The zero-order chi connectivity index (χ0) is 40.5. The van der Waals surface area contributed by atoms with Crippen LogP contribution in [-0.4, -0.2) is 0 Å². The van der Waals surface area contributed by atoms with Gasteiger partial charge in [-0.15, -0.1) is 0 Å². The van der Waals surface area contributed by atoms with Crippen LogP contribution >= 0.6 is 0 Å². The Morgan fingerprint density at radius 1 is 0.328 bits per heavy atom. The molecule has 0 heterocycles. The fraction of sp³-hybridized carbons (Fsp3) is 0.0333. The van der Waals surface area contributed by atoms with E-state index in [2.05, 4.69) is 242 Å². The molecule has 1 aliphatic carbocycles. The first-order valence-corrected chi connectivity index (χ1v) is 21.3. The van der Waals surface area contributed by atoms with Crippen LogP contribution in [0.4, 0.5) is 17.1 Å². The average molecular weight is 776 g/mol. The van der Waals surface area contributed by atoms with Crippen molar-refractivity contribution in [2.75, 3.05) is 4.90 Å². The van der Waals surface area contributed by atoms with Crippen molar-refractivity contribution in [3.63, 3.8) is 0 Å². The Hall–Kier alpha value is -7.74. The maximum atomic E-state index is 2.51. The normalized spacial score (nSPS) is 14.4. The minimum Gasteiger partial charge on any atom is -0.310 e. The highest BCUT2D eigenvalue weighted by atomic mass is 15.1. The lowest BCUT2D eigenvalue weighted by Gasteiger charge is -2.31. The molecule has 0 fully saturated rings. The second-order valence-electron chi connectivity index (χ2n) is 16.5. The van der Waals surface area contributed by atoms with Gasteiger partial charge in [0.1, 0.15) is 0 Å². The molecule has 0 aliphatic heterocycles. The third-order valence-electron chi connectivity index (χ3n) is 13.3. The van der Waals surface area contributed by atoms with Crippen molar-refractivity contribution in [3.05, 3.63) is 247 Å². The van der Waals surface area contributed by atoms with Gasteiger partial charge in [-0.25, -0.2) is 0 Å². The van der Waals surface area contributed by atoms with E-state index in [-0.39, 0.29) is 5.41 Å². The van der Waals surface area contributed by atoms with Gasteiger partial charge in [-0.1, -0.05) is 200 Å². The van der Waals surface area contributed by atoms with Crippen LogP contribution in [0.15, 0.2) is 231 Å². The Morgan fingerprint density at radius 3 is 1.62 bits per heavy atom. The molecule has 11 aromatic rings. The van der Waals surface area contributed by atoms with Crippen molar-refractivity contribution < 1.29 is 0 Å². The zero-order valence-corrected chi connectivity index (χ0v) is 33.9. The third kappa shape index (κ3) is 5.41. The molecular weight excluding hydrogens is 735 g/mol. The molecule has 0 N–H and O–H groups in total. The second-order valence-corrected chi connectivity index (χ2v) is 16.5. The van der Waals surface area contributed by atoms with Crippen LogP contribution in [0.1, 0.15) is 23.6 Å². The predicted octanol–water partition coefficient (Wildman–Crippen LogP) is 16.4. The van der Waals surface area contributed by atoms with E-state index in [0.717, 1.165) is 17.1 Å². The lowest BCUT2D eigenvalue weighted by Crippen LogP contribution is -2.22. The molecule has 0 bridgehead atoms. The number of fused-ring (bicyclic) bond motifs is 9. The maximum Gasteiger partial charge on any atom is 0.0540 e. The van der Waals surface area contributed by atoms with E-state index in [1.807, 2.05) is 0 Å². The van der Waals surface area contributed by atoms with E-state index in [0.29, 0.717) is 0 Å². The average Bonchev–Trinajstić information content (AvgIpc) is 3.59. The highest BCUT2D eigenvalue weighted by molar-refractivity contribution is 6.22. The van der Waals surface area contributed by atoms with Crippen molar-refractivity contribution in [1.82, 2.24) is 0 Å². The van der Waals surface area contributed by atoms with E-state index >= 15 is 0 Å². The van der Waals surface area contributed by atoms with Gasteiger partial charge in [0.25, 0.3) is 0 Å². The summed E-state index contributed by atoms with van der Waals surface area (Å²) >= 11 is 0. The Bertz CT molecular complexity index is 3480. The topological polar surface area (TPSA) is 3.24 Å². The van der Waals surface area contributed by atoms with E-state index in [1.165, 1.54) is 93.2 Å². The summed E-state index contributed by atoms with van der Waals surface area (Å²) in [4.78, 5) is 2.51. The molecule has 0 radical (unpaired) electrons. The van der Waals surface area contributed by atoms with Crippen LogP contribution in [0, 0.1) is 0 Å². The van der Waals surface area contributed by atoms with Gasteiger partial charge in [0.05, 0.1) is 5.69 Å². The van der Waals surface area contributed by atoms with Gasteiger partial charge in [-0.3, -0.25) is 0 Å². The summed E-state index contributed by atoms with van der Waals surface area (Å²) in [6, 6.07) is 85.3. The summed E-state index contributed by atoms with van der Waals surface area (Å²) in [5.74, 6) is 0. The zero-order valence-electron chi connectivity index (χ0n) is 33.9. The van der Waals surface area contributed by atoms with Crippen molar-refractivity contribution in [2.45, 2.75) is 12.3 Å². The highest BCUT2D eigenvalue weighted by Gasteiger charge is 2.41. The Morgan fingerprint density at radius 2 is 0.852 bits per heavy atom. The van der Waals surface area contributed by atoms with Crippen molar-refractivity contribution in [2.24, 2.45) is 0 Å². The first kappa shape index (κ1) is 35.2. The lowest BCUT2D eigenvalue weighted by atomic mass is 9.74. The fourth-order valence-electron chi connectivity index (χ4n) is 10.5. The summed E-state index contributed by atoms with van der Waals surface area (Å²) in [5.41, 5.74) is 14.5. The lowest BCUT2D eigenvalue weighted by molar-refractivity contribution is 0.714. The number of nitrogens with zero attached hydrogens (tertiary/aromatic N) is 1. The molecule has 11 aromatic carbocycles. The maximum absolute atomic E-state index is 2.51. The minimum absolute atomic E-state index is 0.336. The van der Waals surface area contributed by atoms with Gasteiger partial charge in [-0.2, -0.15) is 0 Å². The molecule has 0 aromatic heterocycles. The first-order chi connectivity index (χ1) is 30.2. The number of hydrogen-bond acceptors (Lipinski definition) is 1. The van der Waals surface area contributed by atoms with Crippen molar-refractivity contribution >= 4 is 60.2 Å². The van der Waals surface area contributed by atoms with Crippen LogP contribution in [0.3, 0.4) is 0 Å². The van der Waals surface area contributed by atoms with Gasteiger partial charge in [0.15, 0.2) is 0 Å². The molecule has 1 atom stereocenters. The van der Waals surface area contributed by atoms with Gasteiger partial charge in [0.2, 0.25) is 0 Å². The van der Waals surface area contributed by atoms with Crippen LogP contribution in [0.25, 0.3) is 76.5 Å². The van der Waals surface area contributed by atoms with Gasteiger partial charge >= 0.3 is 0 Å². The first-order valence-electron chi connectivity index (χ1n) is 21.3. The summed E-state index contributed by atoms with van der Waals surface area (Å²) in [5, 5.41) is 9.91. The number of benzene rings is 11. The van der Waals surface area contributed by atoms with Gasteiger partial charge in [0, 0.05) is 22.2 Å². The standard InChI is InChI=1S/C60H41N/c1-60(43-23-9-4-10-24-43)55-30-16-15-27-50(55)51-37-34-45(39-56(51)60)61(57-31-17-29-47-46-25-12-11-18-40(46)32-35-52(47)57)44-33-36-49-48-26-13-14-28-53(48)58(41-19-5-2-6-20-41)59(54(49)38-44)42-21-7-3-8-22-42/h2-39H,1H3. The number of hydrogen-bond donors (Lipinski definition) is 0. The molecule has 1 aliphatic rings. The van der Waals surface area contributed by atoms with Crippen LogP contribution in [0.2, 0.25) is 0 Å². The molecule has 0 spiro atoms. The van der Waals surface area contributed by atoms with Crippen molar-refractivity contribution in [1.29, 1.82) is 0 Å². The molecule has 1 heteroatoms. The monoisotopic (exact) mass is 775 g/mol. The summed E-state index contributed by atoms with van der Waals surface area (Å²) in [6.45, 7) is 2.41. The Labute approximate surface area is 356 Å². The smallest absolute Gasteiger partial charge is 0.0540 e. The van der Waals surface area contributed by atoms with Crippen molar-refractivity contribution in [3.8, 4) is 33.4 Å². The molecular formula is C60H41N. The van der Waals surface area contributed by atoms with Crippen LogP contribution in [-0.2, 0) is 5.41 Å². The summed E-state index contributed by atoms with van der Waals surface area (Å²) in [7, 11) is 0. The molecule has 0 saturated carbocycles. The van der Waals surface area contributed by atoms with E-state index in [9.17, 15) is 0 Å². The molecule has 0 amide bonds. The highest BCUT2D eigenvalue weighted by Crippen LogP contribution is 2.55. The molecule has 61 heavy (non-hydrogen) atoms. The van der Waals surface area contributed by atoms with E-state index < -0.39 is 0 Å². The predicted molar refractivity (Wildman–Crippen MR) is 259 cm³/mol. The van der Waals surface area contributed by atoms with Crippen LogP contribution in [0.5, 0.6) is 0 Å². The number of rotatable bonds is 6. The van der Waals surface area contributed by atoms with Gasteiger partial charge in [-0.05, 0) is 125 Å². The fourth-order valence-corrected chi connectivity index (χ4v) is 10.5. The van der Waals surface area contributed by atoms with E-state index in [4.69, 9.17) is 0 Å². The summed E-state index contributed by atoms with van der Waals surface area (Å²) < 4.78 is 0. The largest absolute Gasteiger partial charge is 0.310 e. The third-order valence-corrected chi connectivity index (χ3v) is 13.3. The quantitative estimate of drug-likeness (QED) is 0.152. The number of anilines is 3. The minimum atomic E-state index is -0.336. The van der Waals surface area contributed by atoms with Gasteiger partial charge < -0.3 is 4.90 Å². The molecule has 12 rings (SSSR count). The van der Waals surface area contributed by atoms with Crippen LogP contribution < -0.4 is 4.90 Å². The molecule has 286 valence electrons. The molecule has 1 unspecified atom stereocenters. The summed E-state index contributed by atoms with van der Waals surface area (Å²) in [6.07, 6.45) is 0. The second kappa shape index (κ2) is 13.9. The molecule has 0 saturated heterocycles. The SMILES string of the molecule is CC1(c2ccccc2)c2ccccc2-c2ccc(N(c3ccc4c(c3)c(-c3ccccc3)c(-c3ccccc3)c3ccccc34)c3cccc4c3ccc3ccccc34)cc21. The Kier molecular flexibility index (Phi) is 8.05. The Balaban J connectivity index is 1.18. The molecule has 1 nitrogen and oxygen atoms in total.